The molecule has 0 aliphatic heterocycles. The lowest BCUT2D eigenvalue weighted by Gasteiger charge is -2.14. The molecule has 0 radical (unpaired) electrons. The van der Waals surface area contributed by atoms with Crippen LogP contribution < -0.4 is 0 Å². The number of Topliss-reactive ketones (excluding diaryl/α,β-unsaturated/α-hetero) is 1. The molecule has 0 fully saturated rings. The highest BCUT2D eigenvalue weighted by molar-refractivity contribution is 8.00. The highest BCUT2D eigenvalue weighted by Gasteiger charge is 2.09. The fourth-order valence-corrected chi connectivity index (χ4v) is 1.97. The molecule has 0 aliphatic rings. The molecule has 1 atom stereocenters. The molecule has 1 unspecified atom stereocenters. The van der Waals surface area contributed by atoms with E-state index < -0.39 is 0 Å². The summed E-state index contributed by atoms with van der Waals surface area (Å²) in [7, 11) is 0. The highest BCUT2D eigenvalue weighted by atomic mass is 32.2. The van der Waals surface area contributed by atoms with Crippen molar-refractivity contribution in [2.75, 3.05) is 0 Å². The third-order valence-electron chi connectivity index (χ3n) is 2.36. The number of carbonyl (C=O) groups excluding carboxylic acids is 1. The van der Waals surface area contributed by atoms with Crippen LogP contribution in [0, 0.1) is 5.92 Å². The first kappa shape index (κ1) is 12.2. The van der Waals surface area contributed by atoms with E-state index in [0.29, 0.717) is 16.9 Å². The van der Waals surface area contributed by atoms with Gasteiger partial charge in [-0.15, -0.1) is 11.8 Å². The zero-order valence-corrected chi connectivity index (χ0v) is 10.5. The standard InChI is InChI=1S/C12H17NOS/c1-8(2)10(4)15-11-5-6-12(9(3)14)13-7-11/h5-8,10H,1-4H3. The number of hydrogen-bond acceptors (Lipinski definition) is 3. The maximum absolute atomic E-state index is 11.0. The number of carbonyl (C=O) groups is 1. The van der Waals surface area contributed by atoms with Crippen LogP contribution in [0.5, 0.6) is 0 Å². The minimum atomic E-state index is 0.0171. The predicted molar refractivity (Wildman–Crippen MR) is 64.4 cm³/mol. The van der Waals surface area contributed by atoms with E-state index in [1.807, 2.05) is 6.07 Å². The van der Waals surface area contributed by atoms with Crippen LogP contribution in [0.2, 0.25) is 0 Å². The van der Waals surface area contributed by atoms with Crippen molar-refractivity contribution in [2.24, 2.45) is 5.92 Å². The Balaban J connectivity index is 2.68. The molecule has 1 heterocycles. The number of nitrogens with zero attached hydrogens (tertiary/aromatic N) is 1. The van der Waals surface area contributed by atoms with Gasteiger partial charge in [0.2, 0.25) is 0 Å². The first-order valence-electron chi connectivity index (χ1n) is 5.14. The Kier molecular flexibility index (Phi) is 4.33. The number of aromatic nitrogens is 1. The average molecular weight is 223 g/mol. The van der Waals surface area contributed by atoms with Gasteiger partial charge in [0.15, 0.2) is 5.78 Å². The monoisotopic (exact) mass is 223 g/mol. The third kappa shape index (κ3) is 3.67. The lowest BCUT2D eigenvalue weighted by atomic mass is 10.2. The van der Waals surface area contributed by atoms with E-state index >= 15 is 0 Å². The minimum Gasteiger partial charge on any atom is -0.293 e. The minimum absolute atomic E-state index is 0.0171. The molecule has 0 aromatic carbocycles. The van der Waals surface area contributed by atoms with E-state index in [1.54, 1.807) is 24.0 Å². The van der Waals surface area contributed by atoms with Gasteiger partial charge in [0.1, 0.15) is 5.69 Å². The molecule has 82 valence electrons. The molecule has 0 saturated carbocycles. The van der Waals surface area contributed by atoms with Gasteiger partial charge in [0.05, 0.1) is 0 Å². The summed E-state index contributed by atoms with van der Waals surface area (Å²) in [5.74, 6) is 0.658. The smallest absolute Gasteiger partial charge is 0.178 e. The van der Waals surface area contributed by atoms with Crippen LogP contribution in [-0.4, -0.2) is 16.0 Å². The van der Waals surface area contributed by atoms with Gasteiger partial charge in [-0.2, -0.15) is 0 Å². The number of rotatable bonds is 4. The summed E-state index contributed by atoms with van der Waals surface area (Å²) in [5.41, 5.74) is 0.538. The lowest BCUT2D eigenvalue weighted by Crippen LogP contribution is -2.05. The molecule has 0 aliphatic carbocycles. The molecule has 1 aromatic rings. The van der Waals surface area contributed by atoms with Gasteiger partial charge in [0, 0.05) is 23.3 Å². The quantitative estimate of drug-likeness (QED) is 0.578. The second-order valence-corrected chi connectivity index (χ2v) is 5.45. The summed E-state index contributed by atoms with van der Waals surface area (Å²) in [6.07, 6.45) is 1.78. The first-order valence-corrected chi connectivity index (χ1v) is 6.02. The van der Waals surface area contributed by atoms with Gasteiger partial charge >= 0.3 is 0 Å². The summed E-state index contributed by atoms with van der Waals surface area (Å²) < 4.78 is 0. The van der Waals surface area contributed by atoms with E-state index in [4.69, 9.17) is 0 Å². The Bertz CT molecular complexity index is 332. The van der Waals surface area contributed by atoms with Gasteiger partial charge in [-0.3, -0.25) is 9.78 Å². The van der Waals surface area contributed by atoms with Crippen molar-refractivity contribution in [3.8, 4) is 0 Å². The maximum atomic E-state index is 11.0. The molecule has 0 N–H and O–H groups in total. The highest BCUT2D eigenvalue weighted by Crippen LogP contribution is 2.26. The van der Waals surface area contributed by atoms with E-state index in [-0.39, 0.29) is 5.78 Å². The first-order chi connectivity index (χ1) is 7.00. The summed E-state index contributed by atoms with van der Waals surface area (Å²) in [6, 6.07) is 3.75. The fraction of sp³-hybridized carbons (Fsp3) is 0.500. The Morgan fingerprint density at radius 3 is 2.40 bits per heavy atom. The zero-order valence-electron chi connectivity index (χ0n) is 9.65. The summed E-state index contributed by atoms with van der Waals surface area (Å²) in [4.78, 5) is 16.3. The number of pyridine rings is 1. The van der Waals surface area contributed by atoms with E-state index in [2.05, 4.69) is 25.8 Å². The summed E-state index contributed by atoms with van der Waals surface area (Å²) in [5, 5.41) is 0.565. The molecule has 0 spiro atoms. The Hall–Kier alpha value is -0.830. The Labute approximate surface area is 95.5 Å². The molecule has 0 amide bonds. The van der Waals surface area contributed by atoms with Gasteiger partial charge in [-0.1, -0.05) is 20.8 Å². The molecular formula is C12H17NOS. The van der Waals surface area contributed by atoms with Crippen molar-refractivity contribution >= 4 is 17.5 Å². The van der Waals surface area contributed by atoms with Crippen molar-refractivity contribution in [3.05, 3.63) is 24.0 Å². The maximum Gasteiger partial charge on any atom is 0.178 e. The van der Waals surface area contributed by atoms with Crippen molar-refractivity contribution in [3.63, 3.8) is 0 Å². The zero-order chi connectivity index (χ0) is 11.4. The van der Waals surface area contributed by atoms with E-state index in [1.165, 1.54) is 6.92 Å². The van der Waals surface area contributed by atoms with Crippen molar-refractivity contribution in [1.82, 2.24) is 4.98 Å². The van der Waals surface area contributed by atoms with Crippen LogP contribution in [0.1, 0.15) is 38.2 Å². The van der Waals surface area contributed by atoms with Crippen LogP contribution in [0.25, 0.3) is 0 Å². The van der Waals surface area contributed by atoms with Crippen LogP contribution in [0.4, 0.5) is 0 Å². The molecule has 3 heteroatoms. The van der Waals surface area contributed by atoms with Crippen molar-refractivity contribution in [1.29, 1.82) is 0 Å². The van der Waals surface area contributed by atoms with E-state index in [9.17, 15) is 4.79 Å². The van der Waals surface area contributed by atoms with Crippen LogP contribution in [0.3, 0.4) is 0 Å². The third-order valence-corrected chi connectivity index (χ3v) is 3.79. The fourth-order valence-electron chi connectivity index (χ4n) is 1.01. The number of hydrogen-bond donors (Lipinski definition) is 0. The van der Waals surface area contributed by atoms with Crippen LogP contribution >= 0.6 is 11.8 Å². The second kappa shape index (κ2) is 5.31. The molecule has 1 rings (SSSR count). The average Bonchev–Trinajstić information content (AvgIpc) is 2.18. The lowest BCUT2D eigenvalue weighted by molar-refractivity contribution is 0.101. The predicted octanol–water partition coefficient (Wildman–Crippen LogP) is 3.42. The van der Waals surface area contributed by atoms with Gasteiger partial charge in [-0.25, -0.2) is 0 Å². The molecular weight excluding hydrogens is 206 g/mol. The number of ketones is 1. The summed E-state index contributed by atoms with van der Waals surface area (Å²) >= 11 is 1.80. The normalized spacial score (nSPS) is 12.9. The van der Waals surface area contributed by atoms with Crippen molar-refractivity contribution in [2.45, 2.75) is 37.8 Å². The van der Waals surface area contributed by atoms with Gasteiger partial charge < -0.3 is 0 Å². The molecule has 1 aromatic heterocycles. The van der Waals surface area contributed by atoms with Gasteiger partial charge in [-0.05, 0) is 18.1 Å². The SMILES string of the molecule is CC(=O)c1ccc(SC(C)C(C)C)cn1. The second-order valence-electron chi connectivity index (χ2n) is 4.00. The Morgan fingerprint density at radius 2 is 2.00 bits per heavy atom. The van der Waals surface area contributed by atoms with Gasteiger partial charge in [0.25, 0.3) is 0 Å². The largest absolute Gasteiger partial charge is 0.293 e. The molecule has 15 heavy (non-hydrogen) atoms. The topological polar surface area (TPSA) is 30.0 Å². The van der Waals surface area contributed by atoms with E-state index in [0.717, 1.165) is 4.90 Å². The Morgan fingerprint density at radius 1 is 1.33 bits per heavy atom. The molecule has 0 bridgehead atoms. The van der Waals surface area contributed by atoms with Crippen molar-refractivity contribution < 1.29 is 4.79 Å². The molecule has 0 saturated heterocycles. The molecule has 2 nitrogen and oxygen atoms in total. The van der Waals surface area contributed by atoms with Crippen LogP contribution in [0.15, 0.2) is 23.2 Å². The number of thioether (sulfide) groups is 1. The van der Waals surface area contributed by atoms with Crippen LogP contribution in [-0.2, 0) is 0 Å². The summed E-state index contributed by atoms with van der Waals surface area (Å²) in [6.45, 7) is 8.14.